The molecule has 2 aromatic rings. The Morgan fingerprint density at radius 1 is 1.28 bits per heavy atom. The van der Waals surface area contributed by atoms with Crippen LogP contribution in [0.25, 0.3) is 0 Å². The monoisotopic (exact) mass is 242 g/mol. The van der Waals surface area contributed by atoms with Crippen molar-refractivity contribution in [1.29, 1.82) is 0 Å². The first-order valence-corrected chi connectivity index (χ1v) is 5.57. The number of rotatable bonds is 3. The lowest BCUT2D eigenvalue weighted by Crippen LogP contribution is -2.14. The number of nitrogens with one attached hydrogen (secondary N) is 1. The third kappa shape index (κ3) is 2.48. The van der Waals surface area contributed by atoms with Crippen molar-refractivity contribution >= 4 is 11.6 Å². The van der Waals surface area contributed by atoms with Crippen LogP contribution in [-0.2, 0) is 0 Å². The van der Waals surface area contributed by atoms with E-state index in [-0.39, 0.29) is 5.91 Å². The highest BCUT2D eigenvalue weighted by Gasteiger charge is 2.11. The predicted molar refractivity (Wildman–Crippen MR) is 69.9 cm³/mol. The fraction of sp³-hybridized carbons (Fsp3) is 0.143. The van der Waals surface area contributed by atoms with Crippen molar-refractivity contribution in [2.45, 2.75) is 6.92 Å². The molecule has 0 aliphatic heterocycles. The van der Waals surface area contributed by atoms with Crippen LogP contribution in [-0.4, -0.2) is 18.0 Å². The van der Waals surface area contributed by atoms with Crippen molar-refractivity contribution in [2.24, 2.45) is 0 Å². The third-order valence-electron chi connectivity index (χ3n) is 2.62. The number of ether oxygens (including phenoxy) is 1. The van der Waals surface area contributed by atoms with E-state index in [1.807, 2.05) is 19.1 Å². The van der Waals surface area contributed by atoms with Crippen LogP contribution in [0, 0.1) is 6.92 Å². The van der Waals surface area contributed by atoms with Gasteiger partial charge in [0.1, 0.15) is 5.75 Å². The molecule has 4 heteroatoms. The molecule has 1 heterocycles. The zero-order chi connectivity index (χ0) is 13.0. The lowest BCUT2D eigenvalue weighted by Gasteiger charge is -2.10. The standard InChI is InChI=1S/C14H14N2O2/c1-10-9-15-8-7-11(10)14(17)16-12-5-3-4-6-13(12)18-2/h3-9H,1-2H3,(H,16,17). The Balaban J connectivity index is 2.24. The van der Waals surface area contributed by atoms with E-state index in [2.05, 4.69) is 10.3 Å². The molecule has 0 bridgehead atoms. The van der Waals surface area contributed by atoms with Gasteiger partial charge < -0.3 is 10.1 Å². The van der Waals surface area contributed by atoms with Gasteiger partial charge >= 0.3 is 0 Å². The molecular formula is C14H14N2O2. The van der Waals surface area contributed by atoms with Gasteiger partial charge in [-0.3, -0.25) is 9.78 Å². The Kier molecular flexibility index (Phi) is 3.57. The molecule has 0 atom stereocenters. The molecule has 4 nitrogen and oxygen atoms in total. The first-order valence-electron chi connectivity index (χ1n) is 5.57. The van der Waals surface area contributed by atoms with Crippen molar-refractivity contribution in [1.82, 2.24) is 4.98 Å². The highest BCUT2D eigenvalue weighted by molar-refractivity contribution is 6.05. The Labute approximate surface area is 106 Å². The Morgan fingerprint density at radius 3 is 2.78 bits per heavy atom. The van der Waals surface area contributed by atoms with E-state index in [4.69, 9.17) is 4.74 Å². The average Bonchev–Trinajstić information content (AvgIpc) is 2.39. The number of hydrogen-bond donors (Lipinski definition) is 1. The summed E-state index contributed by atoms with van der Waals surface area (Å²) in [5, 5.41) is 2.83. The SMILES string of the molecule is COc1ccccc1NC(=O)c1ccncc1C. The number of anilines is 1. The van der Waals surface area contributed by atoms with Crippen LogP contribution in [0.15, 0.2) is 42.7 Å². The van der Waals surface area contributed by atoms with Gasteiger partial charge in [-0.1, -0.05) is 12.1 Å². The maximum atomic E-state index is 12.1. The zero-order valence-corrected chi connectivity index (χ0v) is 10.3. The van der Waals surface area contributed by atoms with E-state index in [0.29, 0.717) is 17.0 Å². The normalized spacial score (nSPS) is 9.89. The van der Waals surface area contributed by atoms with Gasteiger partial charge in [0.25, 0.3) is 5.91 Å². The molecule has 0 unspecified atom stereocenters. The second-order valence-corrected chi connectivity index (χ2v) is 3.85. The van der Waals surface area contributed by atoms with Crippen LogP contribution >= 0.6 is 0 Å². The molecule has 0 saturated carbocycles. The van der Waals surface area contributed by atoms with Crippen LogP contribution in [0.3, 0.4) is 0 Å². The van der Waals surface area contributed by atoms with Crippen LogP contribution < -0.4 is 10.1 Å². The number of nitrogens with zero attached hydrogens (tertiary/aromatic N) is 1. The first-order chi connectivity index (χ1) is 8.72. The number of methoxy groups -OCH3 is 1. The smallest absolute Gasteiger partial charge is 0.256 e. The molecule has 92 valence electrons. The number of aromatic nitrogens is 1. The number of amides is 1. The highest BCUT2D eigenvalue weighted by Crippen LogP contribution is 2.23. The summed E-state index contributed by atoms with van der Waals surface area (Å²) in [7, 11) is 1.57. The maximum absolute atomic E-state index is 12.1. The maximum Gasteiger partial charge on any atom is 0.256 e. The summed E-state index contributed by atoms with van der Waals surface area (Å²) < 4.78 is 5.19. The summed E-state index contributed by atoms with van der Waals surface area (Å²) in [5.41, 5.74) is 2.10. The molecule has 0 saturated heterocycles. The van der Waals surface area contributed by atoms with Crippen molar-refractivity contribution in [3.8, 4) is 5.75 Å². The Morgan fingerprint density at radius 2 is 2.06 bits per heavy atom. The van der Waals surface area contributed by atoms with Crippen LogP contribution in [0.5, 0.6) is 5.75 Å². The summed E-state index contributed by atoms with van der Waals surface area (Å²) in [6.07, 6.45) is 3.27. The second-order valence-electron chi connectivity index (χ2n) is 3.85. The zero-order valence-electron chi connectivity index (χ0n) is 10.3. The third-order valence-corrected chi connectivity index (χ3v) is 2.62. The van der Waals surface area contributed by atoms with E-state index >= 15 is 0 Å². The molecule has 1 amide bonds. The number of aryl methyl sites for hydroxylation is 1. The molecule has 1 aromatic heterocycles. The molecule has 0 aliphatic carbocycles. The van der Waals surface area contributed by atoms with Gasteiger partial charge in [0.2, 0.25) is 0 Å². The summed E-state index contributed by atoms with van der Waals surface area (Å²) in [5.74, 6) is 0.469. The van der Waals surface area contributed by atoms with Crippen molar-refractivity contribution in [2.75, 3.05) is 12.4 Å². The largest absolute Gasteiger partial charge is 0.495 e. The topological polar surface area (TPSA) is 51.2 Å². The molecular weight excluding hydrogens is 228 g/mol. The van der Waals surface area contributed by atoms with E-state index in [1.54, 1.807) is 37.7 Å². The number of benzene rings is 1. The number of hydrogen-bond acceptors (Lipinski definition) is 3. The molecule has 2 rings (SSSR count). The summed E-state index contributed by atoms with van der Waals surface area (Å²) >= 11 is 0. The molecule has 0 spiro atoms. The van der Waals surface area contributed by atoms with Crippen LogP contribution in [0.1, 0.15) is 15.9 Å². The van der Waals surface area contributed by atoms with Crippen LogP contribution in [0.2, 0.25) is 0 Å². The summed E-state index contributed by atoms with van der Waals surface area (Å²) in [6, 6.07) is 8.99. The van der Waals surface area contributed by atoms with Crippen molar-refractivity contribution in [3.63, 3.8) is 0 Å². The van der Waals surface area contributed by atoms with Gasteiger partial charge in [-0.2, -0.15) is 0 Å². The minimum Gasteiger partial charge on any atom is -0.495 e. The lowest BCUT2D eigenvalue weighted by molar-refractivity contribution is 0.102. The molecule has 1 aromatic carbocycles. The van der Waals surface area contributed by atoms with E-state index < -0.39 is 0 Å². The summed E-state index contributed by atoms with van der Waals surface area (Å²) in [6.45, 7) is 1.85. The van der Waals surface area contributed by atoms with Crippen molar-refractivity contribution < 1.29 is 9.53 Å². The first kappa shape index (κ1) is 12.1. The van der Waals surface area contributed by atoms with Crippen molar-refractivity contribution in [3.05, 3.63) is 53.9 Å². The molecule has 18 heavy (non-hydrogen) atoms. The summed E-state index contributed by atoms with van der Waals surface area (Å²) in [4.78, 5) is 16.1. The van der Waals surface area contributed by atoms with E-state index in [1.165, 1.54) is 0 Å². The predicted octanol–water partition coefficient (Wildman–Crippen LogP) is 2.65. The fourth-order valence-electron chi connectivity index (χ4n) is 1.67. The lowest BCUT2D eigenvalue weighted by atomic mass is 10.1. The highest BCUT2D eigenvalue weighted by atomic mass is 16.5. The molecule has 0 radical (unpaired) electrons. The van der Waals surface area contributed by atoms with Gasteiger partial charge in [-0.05, 0) is 30.7 Å². The molecule has 0 fully saturated rings. The Bertz CT molecular complexity index is 567. The average molecular weight is 242 g/mol. The van der Waals surface area contributed by atoms with Gasteiger partial charge in [-0.15, -0.1) is 0 Å². The number of pyridine rings is 1. The number of carbonyl (C=O) groups excluding carboxylic acids is 1. The fourth-order valence-corrected chi connectivity index (χ4v) is 1.67. The van der Waals surface area contributed by atoms with Gasteiger partial charge in [0.15, 0.2) is 0 Å². The van der Waals surface area contributed by atoms with E-state index in [0.717, 1.165) is 5.56 Å². The number of carbonyl (C=O) groups is 1. The minimum atomic E-state index is -0.167. The number of para-hydroxylation sites is 2. The molecule has 0 aliphatic rings. The minimum absolute atomic E-state index is 0.167. The second kappa shape index (κ2) is 5.31. The molecule has 1 N–H and O–H groups in total. The van der Waals surface area contributed by atoms with E-state index in [9.17, 15) is 4.79 Å². The van der Waals surface area contributed by atoms with Gasteiger partial charge in [-0.25, -0.2) is 0 Å². The quantitative estimate of drug-likeness (QED) is 0.900. The van der Waals surface area contributed by atoms with Crippen LogP contribution in [0.4, 0.5) is 5.69 Å². The van der Waals surface area contributed by atoms with Gasteiger partial charge in [0, 0.05) is 18.0 Å². The Hall–Kier alpha value is -2.36. The van der Waals surface area contributed by atoms with Gasteiger partial charge in [0.05, 0.1) is 12.8 Å².